The zero-order valence-corrected chi connectivity index (χ0v) is 21.2. The Balaban J connectivity index is 1.46. The summed E-state index contributed by atoms with van der Waals surface area (Å²) in [4.78, 5) is 33.2. The maximum absolute atomic E-state index is 13.0. The fourth-order valence-electron chi connectivity index (χ4n) is 4.98. The van der Waals surface area contributed by atoms with Gasteiger partial charge < -0.3 is 36.6 Å². The molecule has 3 aliphatic rings. The summed E-state index contributed by atoms with van der Waals surface area (Å²) in [6.07, 6.45) is 7.84. The summed E-state index contributed by atoms with van der Waals surface area (Å²) in [5, 5.41) is 6.67. The second-order valence-corrected chi connectivity index (χ2v) is 9.86. The predicted molar refractivity (Wildman–Crippen MR) is 141 cm³/mol. The third-order valence-electron chi connectivity index (χ3n) is 6.90. The number of aliphatic imine (C=N–C) groups is 1. The molecular weight excluding hydrogens is 458 g/mol. The minimum absolute atomic E-state index is 0.0127. The van der Waals surface area contributed by atoms with Crippen molar-refractivity contribution in [3.05, 3.63) is 35.7 Å². The molecule has 1 aromatic rings. The van der Waals surface area contributed by atoms with E-state index in [1.165, 1.54) is 6.92 Å². The second-order valence-electron chi connectivity index (χ2n) is 9.86. The number of ether oxygens (including phenoxy) is 1. The lowest BCUT2D eigenvalue weighted by Gasteiger charge is -2.31. The summed E-state index contributed by atoms with van der Waals surface area (Å²) in [6, 6.07) is 5.61. The van der Waals surface area contributed by atoms with Crippen LogP contribution in [0, 0.1) is 0 Å². The number of hydrogen-bond donors (Lipinski definition) is 4. The Labute approximate surface area is 213 Å². The van der Waals surface area contributed by atoms with Gasteiger partial charge in [-0.05, 0) is 76.4 Å². The highest BCUT2D eigenvalue weighted by molar-refractivity contribution is 6.13. The Hall–Kier alpha value is -2.95. The molecular formula is C26H39N7O3. The minimum Gasteiger partial charge on any atom is -0.450 e. The summed E-state index contributed by atoms with van der Waals surface area (Å²) in [7, 11) is 0. The van der Waals surface area contributed by atoms with Crippen molar-refractivity contribution in [3.8, 4) is 5.75 Å². The number of nitrogens with zero attached hydrogens (tertiary/aromatic N) is 3. The zero-order valence-electron chi connectivity index (χ0n) is 21.2. The summed E-state index contributed by atoms with van der Waals surface area (Å²) in [5.74, 6) is 0.950. The van der Waals surface area contributed by atoms with Gasteiger partial charge in [0.2, 0.25) is 5.91 Å². The van der Waals surface area contributed by atoms with Gasteiger partial charge in [0, 0.05) is 50.4 Å². The summed E-state index contributed by atoms with van der Waals surface area (Å²) in [5.41, 5.74) is 12.9. The van der Waals surface area contributed by atoms with E-state index in [4.69, 9.17) is 16.2 Å². The van der Waals surface area contributed by atoms with Crippen molar-refractivity contribution in [2.75, 3.05) is 44.6 Å². The lowest BCUT2D eigenvalue weighted by Crippen LogP contribution is -2.45. The number of amides is 2. The number of hydrogen-bond acceptors (Lipinski definition) is 7. The van der Waals surface area contributed by atoms with E-state index >= 15 is 0 Å². The molecule has 10 nitrogen and oxygen atoms in total. The van der Waals surface area contributed by atoms with Crippen LogP contribution in [0.4, 0.5) is 5.69 Å². The first-order chi connectivity index (χ1) is 17.4. The van der Waals surface area contributed by atoms with E-state index < -0.39 is 0 Å². The maximum Gasteiger partial charge on any atom is 0.253 e. The number of piperidine rings is 1. The van der Waals surface area contributed by atoms with Crippen LogP contribution in [-0.2, 0) is 4.79 Å². The van der Waals surface area contributed by atoms with Gasteiger partial charge in [-0.1, -0.05) is 0 Å². The zero-order chi connectivity index (χ0) is 25.5. The van der Waals surface area contributed by atoms with Crippen LogP contribution in [0.25, 0.3) is 0 Å². The van der Waals surface area contributed by atoms with Gasteiger partial charge in [-0.3, -0.25) is 9.59 Å². The molecule has 2 amide bonds. The molecule has 36 heavy (non-hydrogen) atoms. The normalized spacial score (nSPS) is 25.0. The molecule has 3 heterocycles. The third-order valence-corrected chi connectivity index (χ3v) is 6.90. The molecule has 0 aromatic heterocycles. The molecule has 2 atom stereocenters. The monoisotopic (exact) mass is 497 g/mol. The van der Waals surface area contributed by atoms with E-state index in [0.717, 1.165) is 64.7 Å². The van der Waals surface area contributed by atoms with Crippen LogP contribution in [0.1, 0.15) is 55.8 Å². The minimum atomic E-state index is -0.338. The molecule has 10 heteroatoms. The number of likely N-dealkylation sites (tertiary alicyclic amines) is 2. The van der Waals surface area contributed by atoms with E-state index in [9.17, 15) is 9.59 Å². The molecule has 4 rings (SSSR count). The Kier molecular flexibility index (Phi) is 8.95. The first-order valence-corrected chi connectivity index (χ1v) is 13.0. The van der Waals surface area contributed by atoms with E-state index in [1.54, 1.807) is 29.3 Å². The molecule has 0 aliphatic carbocycles. The quantitative estimate of drug-likeness (QED) is 0.465. The molecule has 0 spiro atoms. The largest absolute Gasteiger partial charge is 0.450 e. The van der Waals surface area contributed by atoms with Crippen LogP contribution in [-0.4, -0.2) is 78.8 Å². The van der Waals surface area contributed by atoms with Crippen molar-refractivity contribution in [3.63, 3.8) is 0 Å². The molecule has 0 radical (unpaired) electrons. The molecule has 0 saturated carbocycles. The fraction of sp³-hybridized carbons (Fsp3) is 0.577. The number of benzene rings is 1. The van der Waals surface area contributed by atoms with Gasteiger partial charge in [-0.15, -0.1) is 0 Å². The van der Waals surface area contributed by atoms with Crippen LogP contribution in [0.2, 0.25) is 0 Å². The third kappa shape index (κ3) is 6.83. The Bertz CT molecular complexity index is 1010. The number of fused-ring (bicyclic) bond motifs is 1. The van der Waals surface area contributed by atoms with Crippen molar-refractivity contribution in [1.29, 1.82) is 0 Å². The van der Waals surface area contributed by atoms with Crippen molar-refractivity contribution in [2.24, 2.45) is 16.5 Å². The molecule has 3 aliphatic heterocycles. The predicted octanol–water partition coefficient (Wildman–Crippen LogP) is 1.63. The molecule has 1 aromatic carbocycles. The number of nitrogens with two attached hydrogens (primary N) is 2. The first kappa shape index (κ1) is 26.1. The fourth-order valence-corrected chi connectivity index (χ4v) is 4.98. The van der Waals surface area contributed by atoms with Gasteiger partial charge in [-0.25, -0.2) is 0 Å². The Morgan fingerprint density at radius 1 is 1.22 bits per heavy atom. The number of carbonyl (C=O) groups excluding carboxylic acids is 2. The molecule has 196 valence electrons. The van der Waals surface area contributed by atoms with Gasteiger partial charge in [0.15, 0.2) is 17.3 Å². The summed E-state index contributed by atoms with van der Waals surface area (Å²) >= 11 is 0. The highest BCUT2D eigenvalue weighted by Crippen LogP contribution is 2.33. The molecule has 0 bridgehead atoms. The Morgan fingerprint density at radius 3 is 2.83 bits per heavy atom. The number of nitrogens with one attached hydrogen (secondary N) is 2. The number of rotatable bonds is 6. The van der Waals surface area contributed by atoms with Crippen LogP contribution >= 0.6 is 0 Å². The average Bonchev–Trinajstić information content (AvgIpc) is 3.10. The highest BCUT2D eigenvalue weighted by atomic mass is 16.5. The smallest absolute Gasteiger partial charge is 0.253 e. The van der Waals surface area contributed by atoms with E-state index in [1.807, 2.05) is 0 Å². The van der Waals surface area contributed by atoms with Crippen LogP contribution in [0.15, 0.2) is 35.2 Å². The van der Waals surface area contributed by atoms with Crippen LogP contribution in [0.5, 0.6) is 5.75 Å². The number of amidine groups is 1. The number of carbonyl (C=O) groups is 2. The SMILES string of the molecule is CC(=O)/N=C1/Nc2cc(C(=O)N3CCCC(N)C3)ccc2O/C1=C/NC1CCCN(CCCN)CC1. The van der Waals surface area contributed by atoms with Gasteiger partial charge in [-0.2, -0.15) is 4.99 Å². The van der Waals surface area contributed by atoms with E-state index in [0.29, 0.717) is 47.7 Å². The van der Waals surface area contributed by atoms with E-state index in [-0.39, 0.29) is 17.9 Å². The van der Waals surface area contributed by atoms with Crippen molar-refractivity contribution in [1.82, 2.24) is 15.1 Å². The van der Waals surface area contributed by atoms with Crippen molar-refractivity contribution in [2.45, 2.75) is 57.5 Å². The summed E-state index contributed by atoms with van der Waals surface area (Å²) in [6.45, 7) is 6.53. The molecule has 6 N–H and O–H groups in total. The van der Waals surface area contributed by atoms with Gasteiger partial charge in [0.05, 0.1) is 5.69 Å². The average molecular weight is 498 g/mol. The molecule has 2 saturated heterocycles. The molecule has 2 fully saturated rings. The lowest BCUT2D eigenvalue weighted by atomic mass is 10.0. The standard InChI is InChI=1S/C26H39N7O3/c1-18(34)30-25-24(16-29-21-6-3-11-32(14-9-21)12-4-10-27)36-23-8-7-19(15-22(23)31-25)26(35)33-13-2-5-20(28)17-33/h7-8,15-16,20-21,29H,2-6,9-14,17,27-28H2,1H3,(H,30,31,34)/b24-16+. The first-order valence-electron chi connectivity index (χ1n) is 13.0. The van der Waals surface area contributed by atoms with Crippen LogP contribution < -0.4 is 26.8 Å². The summed E-state index contributed by atoms with van der Waals surface area (Å²) < 4.78 is 6.12. The number of anilines is 1. The van der Waals surface area contributed by atoms with Crippen molar-refractivity contribution < 1.29 is 14.3 Å². The van der Waals surface area contributed by atoms with Crippen LogP contribution in [0.3, 0.4) is 0 Å². The van der Waals surface area contributed by atoms with Crippen molar-refractivity contribution >= 4 is 23.3 Å². The highest BCUT2D eigenvalue weighted by Gasteiger charge is 2.26. The molecule has 2 unspecified atom stereocenters. The maximum atomic E-state index is 13.0. The lowest BCUT2D eigenvalue weighted by molar-refractivity contribution is -0.115. The van der Waals surface area contributed by atoms with Gasteiger partial charge in [0.1, 0.15) is 0 Å². The van der Waals surface area contributed by atoms with Gasteiger partial charge >= 0.3 is 0 Å². The Morgan fingerprint density at radius 2 is 2.06 bits per heavy atom. The van der Waals surface area contributed by atoms with E-state index in [2.05, 4.69) is 20.5 Å². The topological polar surface area (TPSA) is 138 Å². The van der Waals surface area contributed by atoms with Gasteiger partial charge in [0.25, 0.3) is 5.91 Å². The second kappa shape index (κ2) is 12.3.